The van der Waals surface area contributed by atoms with E-state index in [-0.39, 0.29) is 21.7 Å². The Hall–Kier alpha value is -7.80. The van der Waals surface area contributed by atoms with Crippen LogP contribution in [0.5, 0.6) is 0 Å². The summed E-state index contributed by atoms with van der Waals surface area (Å²) in [6.07, 6.45) is 0. The summed E-state index contributed by atoms with van der Waals surface area (Å²) in [7, 11) is 0. The van der Waals surface area contributed by atoms with Crippen molar-refractivity contribution in [3.05, 3.63) is 251 Å². The molecule has 0 saturated heterocycles. The maximum Gasteiger partial charge on any atom is 0.0159 e. The summed E-state index contributed by atoms with van der Waals surface area (Å²) < 4.78 is 0. The molecule has 0 heterocycles. The molecule has 346 valence electrons. The Balaban J connectivity index is 0.985. The van der Waals surface area contributed by atoms with Gasteiger partial charge in [-0.25, -0.2) is 0 Å². The van der Waals surface area contributed by atoms with E-state index in [1.54, 1.807) is 0 Å². The molecule has 0 saturated carbocycles. The minimum Gasteiger partial charge on any atom is -0.0619 e. The zero-order chi connectivity index (χ0) is 49.1. The predicted molar refractivity (Wildman–Crippen MR) is 304 cm³/mol. The normalized spacial score (nSPS) is 15.9. The summed E-state index contributed by atoms with van der Waals surface area (Å²) >= 11 is 0. The fraction of sp³-hybridized carbons (Fsp3) is 0.167. The van der Waals surface area contributed by atoms with E-state index in [2.05, 4.69) is 262 Å². The molecule has 4 aliphatic rings. The molecule has 0 bridgehead atoms. The van der Waals surface area contributed by atoms with Crippen LogP contribution in [0.2, 0.25) is 0 Å². The van der Waals surface area contributed by atoms with Crippen molar-refractivity contribution >= 4 is 0 Å². The first kappa shape index (κ1) is 43.0. The lowest BCUT2D eigenvalue weighted by Crippen LogP contribution is -2.15. The van der Waals surface area contributed by atoms with E-state index in [0.717, 1.165) is 0 Å². The fourth-order valence-corrected chi connectivity index (χ4v) is 13.8. The van der Waals surface area contributed by atoms with E-state index >= 15 is 0 Å². The third kappa shape index (κ3) is 6.05. The Morgan fingerprint density at radius 1 is 0.167 bits per heavy atom. The topological polar surface area (TPSA) is 0 Å². The summed E-state index contributed by atoms with van der Waals surface area (Å²) in [5.74, 6) is 0. The minimum atomic E-state index is -0.107. The van der Waals surface area contributed by atoms with E-state index in [1.165, 1.54) is 145 Å². The lowest BCUT2D eigenvalue weighted by molar-refractivity contribution is 0.660. The van der Waals surface area contributed by atoms with Gasteiger partial charge in [0.1, 0.15) is 0 Å². The number of rotatable bonds is 5. The van der Waals surface area contributed by atoms with Gasteiger partial charge in [-0.15, -0.1) is 0 Å². The molecule has 0 amide bonds. The monoisotopic (exact) mass is 922 g/mol. The van der Waals surface area contributed by atoms with Gasteiger partial charge in [-0.3, -0.25) is 0 Å². The lowest BCUT2D eigenvalue weighted by atomic mass is 9.80. The third-order valence-corrected chi connectivity index (χ3v) is 17.9. The van der Waals surface area contributed by atoms with Gasteiger partial charge < -0.3 is 0 Å². The van der Waals surface area contributed by atoms with Gasteiger partial charge in [-0.2, -0.15) is 0 Å². The van der Waals surface area contributed by atoms with Gasteiger partial charge in [0, 0.05) is 21.7 Å². The quantitative estimate of drug-likeness (QED) is 0.161. The van der Waals surface area contributed by atoms with Crippen molar-refractivity contribution in [3.63, 3.8) is 0 Å². The molecule has 0 fully saturated rings. The van der Waals surface area contributed by atoms with Crippen LogP contribution in [0.3, 0.4) is 0 Å². The van der Waals surface area contributed by atoms with E-state index in [1.807, 2.05) is 0 Å². The molecule has 0 radical (unpaired) electrons. The predicted octanol–water partition coefficient (Wildman–Crippen LogP) is 19.2. The van der Waals surface area contributed by atoms with Crippen LogP contribution in [-0.4, -0.2) is 0 Å². The molecule has 0 spiro atoms. The summed E-state index contributed by atoms with van der Waals surface area (Å²) in [4.78, 5) is 0. The van der Waals surface area contributed by atoms with Gasteiger partial charge >= 0.3 is 0 Å². The van der Waals surface area contributed by atoms with Crippen LogP contribution in [0.25, 0.3) is 100 Å². The first-order chi connectivity index (χ1) is 34.7. The highest BCUT2D eigenvalue weighted by Gasteiger charge is 2.39. The summed E-state index contributed by atoms with van der Waals surface area (Å²) in [6.45, 7) is 19.1. The van der Waals surface area contributed by atoms with Crippen molar-refractivity contribution in [1.82, 2.24) is 0 Å². The smallest absolute Gasteiger partial charge is 0.0159 e. The summed E-state index contributed by atoms with van der Waals surface area (Å²) in [6, 6.07) is 79.5. The van der Waals surface area contributed by atoms with Crippen molar-refractivity contribution in [2.24, 2.45) is 0 Å². The van der Waals surface area contributed by atoms with E-state index in [9.17, 15) is 0 Å². The molecule has 0 heteroatoms. The Kier molecular flexibility index (Phi) is 8.89. The second kappa shape index (κ2) is 14.9. The molecule has 0 nitrogen and oxygen atoms in total. The molecule has 0 atom stereocenters. The van der Waals surface area contributed by atoms with Gasteiger partial charge in [0.2, 0.25) is 0 Å². The van der Waals surface area contributed by atoms with Crippen LogP contribution < -0.4 is 0 Å². The Bertz CT molecular complexity index is 3460. The van der Waals surface area contributed by atoms with E-state index in [0.29, 0.717) is 0 Å². The first-order valence-corrected chi connectivity index (χ1v) is 26.0. The largest absolute Gasteiger partial charge is 0.0619 e. The van der Waals surface area contributed by atoms with Gasteiger partial charge in [0.25, 0.3) is 0 Å². The molecule has 4 aliphatic carbocycles. The maximum absolute atomic E-state index is 2.48. The van der Waals surface area contributed by atoms with E-state index in [4.69, 9.17) is 0 Å². The Morgan fingerprint density at radius 2 is 0.347 bits per heavy atom. The van der Waals surface area contributed by atoms with Gasteiger partial charge in [-0.1, -0.05) is 201 Å². The summed E-state index contributed by atoms with van der Waals surface area (Å²) in [5.41, 5.74) is 33.7. The highest BCUT2D eigenvalue weighted by Crippen LogP contribution is 2.54. The standard InChI is InChI=1S/C72H58/c1-69(2)61-21-13-9-17-53(61)57-29-25-43(39-65(57)69)47-33-48(44-26-30-58-54-18-10-14-22-62(54)70(3,4)66(58)40-44)36-51(35-47)52-37-49(45-27-31-59-55-19-11-15-23-63(55)71(5,6)67(59)41-45)34-50(38-52)46-28-32-60-56-20-12-16-24-64(56)72(7,8)68(60)42-46/h9-42H,1-8H3. The van der Waals surface area contributed by atoms with Crippen molar-refractivity contribution in [2.45, 2.75) is 77.0 Å². The van der Waals surface area contributed by atoms with Gasteiger partial charge in [0.15, 0.2) is 0 Å². The van der Waals surface area contributed by atoms with Crippen LogP contribution >= 0.6 is 0 Å². The zero-order valence-corrected chi connectivity index (χ0v) is 42.6. The average Bonchev–Trinajstić information content (AvgIpc) is 3.98. The molecule has 0 aliphatic heterocycles. The molecule has 10 aromatic rings. The van der Waals surface area contributed by atoms with Crippen LogP contribution in [-0.2, 0) is 21.7 Å². The third-order valence-electron chi connectivity index (χ3n) is 17.9. The minimum absolute atomic E-state index is 0.107. The fourth-order valence-electron chi connectivity index (χ4n) is 13.8. The number of benzene rings is 10. The van der Waals surface area contributed by atoms with Crippen molar-refractivity contribution in [3.8, 4) is 100 Å². The molecular weight excluding hydrogens is 865 g/mol. The van der Waals surface area contributed by atoms with Crippen LogP contribution in [0.15, 0.2) is 206 Å². The highest BCUT2D eigenvalue weighted by atomic mass is 14.4. The Labute approximate surface area is 425 Å². The average molecular weight is 923 g/mol. The molecular formula is C72H58. The molecule has 10 aromatic carbocycles. The maximum atomic E-state index is 2.48. The lowest BCUT2D eigenvalue weighted by Gasteiger charge is -2.23. The second-order valence-electron chi connectivity index (χ2n) is 23.3. The molecule has 0 unspecified atom stereocenters. The Morgan fingerprint density at radius 3 is 0.569 bits per heavy atom. The van der Waals surface area contributed by atoms with Crippen LogP contribution in [0, 0.1) is 0 Å². The number of hydrogen-bond donors (Lipinski definition) is 0. The second-order valence-corrected chi connectivity index (χ2v) is 23.3. The van der Waals surface area contributed by atoms with Crippen molar-refractivity contribution in [2.75, 3.05) is 0 Å². The molecule has 14 rings (SSSR count). The van der Waals surface area contributed by atoms with Crippen molar-refractivity contribution in [1.29, 1.82) is 0 Å². The number of fused-ring (bicyclic) bond motifs is 12. The first-order valence-electron chi connectivity index (χ1n) is 26.0. The van der Waals surface area contributed by atoms with Gasteiger partial charge in [0.05, 0.1) is 0 Å². The van der Waals surface area contributed by atoms with Gasteiger partial charge in [-0.05, 0) is 205 Å². The SMILES string of the molecule is CC1(C)c2ccccc2-c2ccc(-c3cc(-c4cc(-c5ccc6c(c5)C(C)(C)c5ccccc5-6)cc(-c5ccc6c(c5)C(C)(C)c5ccccc5-6)c4)cc(-c4ccc5c(c4)C(C)(C)c4ccccc4-5)c3)cc21. The van der Waals surface area contributed by atoms with E-state index < -0.39 is 0 Å². The zero-order valence-electron chi connectivity index (χ0n) is 42.6. The molecule has 72 heavy (non-hydrogen) atoms. The van der Waals surface area contributed by atoms with Crippen LogP contribution in [0.4, 0.5) is 0 Å². The van der Waals surface area contributed by atoms with Crippen molar-refractivity contribution < 1.29 is 0 Å². The summed E-state index contributed by atoms with van der Waals surface area (Å²) in [5, 5.41) is 0. The number of hydrogen-bond acceptors (Lipinski definition) is 0. The van der Waals surface area contributed by atoms with Crippen LogP contribution in [0.1, 0.15) is 99.9 Å². The molecule has 0 aromatic heterocycles. The highest BCUT2D eigenvalue weighted by molar-refractivity contribution is 5.92. The molecule has 0 N–H and O–H groups in total.